The largest absolute Gasteiger partial charge is 0.456 e. The maximum atomic E-state index is 10.7. The molecule has 2 rings (SSSR count). The van der Waals surface area contributed by atoms with Crippen LogP contribution in [0, 0.1) is 17.0 Å². The van der Waals surface area contributed by atoms with E-state index in [1.54, 1.807) is 44.6 Å². The van der Waals surface area contributed by atoms with Gasteiger partial charge in [-0.3, -0.25) is 15.1 Å². The lowest BCUT2D eigenvalue weighted by Crippen LogP contribution is -1.93. The van der Waals surface area contributed by atoms with Crippen molar-refractivity contribution in [1.29, 1.82) is 0 Å². The zero-order chi connectivity index (χ0) is 13.8. The van der Waals surface area contributed by atoms with Gasteiger partial charge < -0.3 is 10.1 Å². The highest BCUT2D eigenvalue weighted by Gasteiger charge is 2.11. The summed E-state index contributed by atoms with van der Waals surface area (Å²) in [6.45, 7) is 1.67. The van der Waals surface area contributed by atoms with Gasteiger partial charge in [0, 0.05) is 24.7 Å². The minimum absolute atomic E-state index is 0.0782. The van der Waals surface area contributed by atoms with Crippen LogP contribution >= 0.6 is 0 Å². The van der Waals surface area contributed by atoms with E-state index in [-0.39, 0.29) is 5.69 Å². The lowest BCUT2D eigenvalue weighted by Gasteiger charge is -2.07. The Morgan fingerprint density at radius 2 is 2.05 bits per heavy atom. The highest BCUT2D eigenvalue weighted by Crippen LogP contribution is 2.27. The van der Waals surface area contributed by atoms with E-state index in [9.17, 15) is 10.1 Å². The van der Waals surface area contributed by atoms with Crippen LogP contribution in [0.4, 0.5) is 11.4 Å². The van der Waals surface area contributed by atoms with Gasteiger partial charge in [0.25, 0.3) is 5.69 Å². The van der Waals surface area contributed by atoms with Crippen LogP contribution in [0.25, 0.3) is 0 Å². The van der Waals surface area contributed by atoms with Crippen molar-refractivity contribution in [3.63, 3.8) is 0 Å². The molecule has 6 heteroatoms. The number of aryl methyl sites for hydroxylation is 1. The van der Waals surface area contributed by atoms with Crippen LogP contribution in [0.5, 0.6) is 11.5 Å². The molecular formula is C13H13N3O3. The second kappa shape index (κ2) is 5.34. The minimum atomic E-state index is -0.414. The zero-order valence-corrected chi connectivity index (χ0v) is 10.6. The standard InChI is InChI=1S/C13H13N3O3/c1-9-5-11(3-4-13(9)16(17)18)19-12-6-10(14-2)7-15-8-12/h3-8,14H,1-2H3. The van der Waals surface area contributed by atoms with Crippen molar-refractivity contribution in [2.24, 2.45) is 0 Å². The lowest BCUT2D eigenvalue weighted by molar-refractivity contribution is -0.385. The Morgan fingerprint density at radius 1 is 1.26 bits per heavy atom. The Kier molecular flexibility index (Phi) is 3.61. The van der Waals surface area contributed by atoms with Crippen LogP contribution in [-0.2, 0) is 0 Å². The van der Waals surface area contributed by atoms with Gasteiger partial charge in [0.05, 0.1) is 23.0 Å². The summed E-state index contributed by atoms with van der Waals surface area (Å²) in [5, 5.41) is 13.7. The fraction of sp³-hybridized carbons (Fsp3) is 0.154. The van der Waals surface area contributed by atoms with Crippen molar-refractivity contribution in [2.75, 3.05) is 12.4 Å². The highest BCUT2D eigenvalue weighted by atomic mass is 16.6. The first kappa shape index (κ1) is 12.8. The first-order valence-electron chi connectivity index (χ1n) is 5.66. The van der Waals surface area contributed by atoms with E-state index in [2.05, 4.69) is 10.3 Å². The normalized spacial score (nSPS) is 10.0. The number of anilines is 1. The summed E-state index contributed by atoms with van der Waals surface area (Å²) in [4.78, 5) is 14.3. The fourth-order valence-corrected chi connectivity index (χ4v) is 1.64. The summed E-state index contributed by atoms with van der Waals surface area (Å²) >= 11 is 0. The molecule has 0 aliphatic heterocycles. The lowest BCUT2D eigenvalue weighted by atomic mass is 10.2. The van der Waals surface area contributed by atoms with Gasteiger partial charge >= 0.3 is 0 Å². The van der Waals surface area contributed by atoms with Crippen LogP contribution in [0.15, 0.2) is 36.7 Å². The molecule has 98 valence electrons. The first-order chi connectivity index (χ1) is 9.10. The van der Waals surface area contributed by atoms with Gasteiger partial charge in [-0.2, -0.15) is 0 Å². The molecule has 1 heterocycles. The Hall–Kier alpha value is -2.63. The summed E-state index contributed by atoms with van der Waals surface area (Å²) in [6, 6.07) is 6.42. The van der Waals surface area contributed by atoms with Gasteiger partial charge in [0.1, 0.15) is 11.5 Å². The van der Waals surface area contributed by atoms with E-state index in [0.29, 0.717) is 17.1 Å². The predicted molar refractivity (Wildman–Crippen MR) is 71.7 cm³/mol. The molecule has 0 aliphatic carbocycles. The van der Waals surface area contributed by atoms with Crippen LogP contribution in [-0.4, -0.2) is 17.0 Å². The second-order valence-corrected chi connectivity index (χ2v) is 3.97. The first-order valence-corrected chi connectivity index (χ1v) is 5.66. The molecule has 0 unspecified atom stereocenters. The van der Waals surface area contributed by atoms with Crippen molar-refractivity contribution in [3.8, 4) is 11.5 Å². The topological polar surface area (TPSA) is 77.3 Å². The summed E-state index contributed by atoms with van der Waals surface area (Å²) < 4.78 is 5.61. The second-order valence-electron chi connectivity index (χ2n) is 3.97. The molecule has 0 radical (unpaired) electrons. The van der Waals surface area contributed by atoms with Gasteiger partial charge in [-0.1, -0.05) is 0 Å². The number of hydrogen-bond acceptors (Lipinski definition) is 5. The summed E-state index contributed by atoms with van der Waals surface area (Å²) in [6.07, 6.45) is 3.26. The SMILES string of the molecule is CNc1cncc(Oc2ccc([N+](=O)[O-])c(C)c2)c1. The van der Waals surface area contributed by atoms with Crippen molar-refractivity contribution >= 4 is 11.4 Å². The number of nitro benzene ring substituents is 1. The summed E-state index contributed by atoms with van der Waals surface area (Å²) in [7, 11) is 1.79. The number of nitrogens with zero attached hydrogens (tertiary/aromatic N) is 2. The predicted octanol–water partition coefficient (Wildman–Crippen LogP) is 3.13. The quantitative estimate of drug-likeness (QED) is 0.674. The van der Waals surface area contributed by atoms with Crippen molar-refractivity contribution in [1.82, 2.24) is 4.98 Å². The molecule has 0 amide bonds. The highest BCUT2D eigenvalue weighted by molar-refractivity contribution is 5.48. The molecule has 0 atom stereocenters. The average Bonchev–Trinajstić information content (AvgIpc) is 2.38. The minimum Gasteiger partial charge on any atom is -0.456 e. The Balaban J connectivity index is 2.23. The summed E-state index contributed by atoms with van der Waals surface area (Å²) in [5.41, 5.74) is 1.46. The number of nitrogens with one attached hydrogen (secondary N) is 1. The van der Waals surface area contributed by atoms with Gasteiger partial charge in [-0.15, -0.1) is 0 Å². The third-order valence-corrected chi connectivity index (χ3v) is 2.60. The number of rotatable bonds is 4. The third-order valence-electron chi connectivity index (χ3n) is 2.60. The number of pyridine rings is 1. The average molecular weight is 259 g/mol. The molecule has 1 aromatic heterocycles. The third kappa shape index (κ3) is 2.98. The Labute approximate surface area is 110 Å². The van der Waals surface area contributed by atoms with E-state index >= 15 is 0 Å². The fourth-order valence-electron chi connectivity index (χ4n) is 1.64. The van der Waals surface area contributed by atoms with Crippen LogP contribution in [0.3, 0.4) is 0 Å². The Morgan fingerprint density at radius 3 is 2.68 bits per heavy atom. The molecule has 1 N–H and O–H groups in total. The molecule has 1 aromatic carbocycles. The number of aromatic nitrogens is 1. The molecule has 0 saturated heterocycles. The molecule has 19 heavy (non-hydrogen) atoms. The van der Waals surface area contributed by atoms with Gasteiger partial charge in [0.15, 0.2) is 0 Å². The number of benzene rings is 1. The molecule has 0 fully saturated rings. The number of nitro groups is 1. The smallest absolute Gasteiger partial charge is 0.272 e. The van der Waals surface area contributed by atoms with Crippen LogP contribution in [0.1, 0.15) is 5.56 Å². The van der Waals surface area contributed by atoms with Crippen LogP contribution in [0.2, 0.25) is 0 Å². The van der Waals surface area contributed by atoms with Crippen LogP contribution < -0.4 is 10.1 Å². The van der Waals surface area contributed by atoms with Crippen molar-refractivity contribution in [2.45, 2.75) is 6.92 Å². The van der Waals surface area contributed by atoms with Crippen molar-refractivity contribution in [3.05, 3.63) is 52.3 Å². The molecule has 0 saturated carbocycles. The maximum Gasteiger partial charge on any atom is 0.272 e. The van der Waals surface area contributed by atoms with Gasteiger partial charge in [-0.05, 0) is 19.1 Å². The monoisotopic (exact) mass is 259 g/mol. The van der Waals surface area contributed by atoms with E-state index < -0.39 is 4.92 Å². The zero-order valence-electron chi connectivity index (χ0n) is 10.6. The number of ether oxygens (including phenoxy) is 1. The molecular weight excluding hydrogens is 246 g/mol. The molecule has 0 aliphatic rings. The Bertz CT molecular complexity index is 614. The van der Waals surface area contributed by atoms with E-state index in [1.807, 2.05) is 0 Å². The molecule has 2 aromatic rings. The summed E-state index contributed by atoms with van der Waals surface area (Å²) in [5.74, 6) is 1.11. The maximum absolute atomic E-state index is 10.7. The molecule has 0 bridgehead atoms. The van der Waals surface area contributed by atoms with E-state index in [4.69, 9.17) is 4.74 Å². The van der Waals surface area contributed by atoms with Crippen molar-refractivity contribution < 1.29 is 9.66 Å². The van der Waals surface area contributed by atoms with E-state index in [1.165, 1.54) is 6.07 Å². The number of hydrogen-bond donors (Lipinski definition) is 1. The van der Waals surface area contributed by atoms with Gasteiger partial charge in [-0.25, -0.2) is 0 Å². The molecule has 6 nitrogen and oxygen atoms in total. The van der Waals surface area contributed by atoms with E-state index in [0.717, 1.165) is 5.69 Å². The van der Waals surface area contributed by atoms with Gasteiger partial charge in [0.2, 0.25) is 0 Å². The molecule has 0 spiro atoms.